The Hall–Kier alpha value is -2.75. The van der Waals surface area contributed by atoms with Crippen molar-refractivity contribution in [1.82, 2.24) is 0 Å². The number of hydrogen-bond donors (Lipinski definition) is 0. The standard InChI is InChI=1S/C36H49NO3Si/c1-30(16-14-18-32(28-37)19-15-17-31(2)29-39-35-24-12-13-26-38-35)25-27-40-41(36(3,4)5,33-20-8-6-9-21-33)34-22-10-7-11-23-34/h6-11,17-18,20-23,25,35H,12-16,19,24,26-27,29H2,1-5H3/b30-25+,31-17+,32-18-. The smallest absolute Gasteiger partial charge is 0.261 e. The first-order chi connectivity index (χ1) is 19.8. The summed E-state index contributed by atoms with van der Waals surface area (Å²) in [5, 5.41) is 12.2. The maximum atomic E-state index is 9.64. The van der Waals surface area contributed by atoms with Crippen LogP contribution in [0.5, 0.6) is 0 Å². The third kappa shape index (κ3) is 9.93. The highest BCUT2D eigenvalue weighted by Gasteiger charge is 2.49. The molecule has 0 bridgehead atoms. The summed E-state index contributed by atoms with van der Waals surface area (Å²) in [6.07, 6.45) is 13.1. The molecule has 5 heteroatoms. The molecule has 220 valence electrons. The lowest BCUT2D eigenvalue weighted by Crippen LogP contribution is -2.66. The molecule has 0 saturated carbocycles. The maximum Gasteiger partial charge on any atom is 0.261 e. The summed E-state index contributed by atoms with van der Waals surface area (Å²) in [4.78, 5) is 0. The van der Waals surface area contributed by atoms with Gasteiger partial charge in [-0.25, -0.2) is 0 Å². The van der Waals surface area contributed by atoms with Gasteiger partial charge in [0.1, 0.15) is 0 Å². The van der Waals surface area contributed by atoms with Crippen LogP contribution in [0.2, 0.25) is 5.04 Å². The van der Waals surface area contributed by atoms with Crippen molar-refractivity contribution >= 4 is 18.7 Å². The summed E-state index contributed by atoms with van der Waals surface area (Å²) in [6.45, 7) is 13.1. The molecular formula is C36H49NO3Si. The third-order valence-electron chi connectivity index (χ3n) is 7.76. The second kappa shape index (κ2) is 16.6. The number of ether oxygens (including phenoxy) is 2. The topological polar surface area (TPSA) is 51.5 Å². The van der Waals surface area contributed by atoms with Gasteiger partial charge in [0.25, 0.3) is 8.32 Å². The summed E-state index contributed by atoms with van der Waals surface area (Å²) < 4.78 is 18.5. The van der Waals surface area contributed by atoms with Crippen molar-refractivity contribution in [1.29, 1.82) is 5.26 Å². The Kier molecular flexibility index (Phi) is 13.3. The third-order valence-corrected chi connectivity index (χ3v) is 12.8. The molecule has 1 fully saturated rings. The van der Waals surface area contributed by atoms with Gasteiger partial charge in [-0.05, 0) is 74.2 Å². The van der Waals surface area contributed by atoms with Gasteiger partial charge in [0, 0.05) is 12.2 Å². The van der Waals surface area contributed by atoms with E-state index in [1.165, 1.54) is 27.9 Å². The fourth-order valence-electron chi connectivity index (χ4n) is 5.45. The first-order valence-electron chi connectivity index (χ1n) is 15.1. The molecule has 1 heterocycles. The Labute approximate surface area is 249 Å². The highest BCUT2D eigenvalue weighted by Crippen LogP contribution is 2.36. The van der Waals surface area contributed by atoms with E-state index in [-0.39, 0.29) is 11.3 Å². The fourth-order valence-corrected chi connectivity index (χ4v) is 9.94. The molecule has 0 amide bonds. The zero-order valence-electron chi connectivity index (χ0n) is 25.8. The Morgan fingerprint density at radius 1 is 0.902 bits per heavy atom. The highest BCUT2D eigenvalue weighted by atomic mass is 28.4. The molecule has 0 radical (unpaired) electrons. The van der Waals surface area contributed by atoms with Crippen LogP contribution in [0.3, 0.4) is 0 Å². The van der Waals surface area contributed by atoms with Crippen molar-refractivity contribution < 1.29 is 13.9 Å². The first-order valence-corrected chi connectivity index (χ1v) is 17.1. The Balaban J connectivity index is 1.55. The van der Waals surface area contributed by atoms with Crippen LogP contribution in [0, 0.1) is 11.3 Å². The molecule has 1 aliphatic rings. The van der Waals surface area contributed by atoms with Crippen LogP contribution in [0.4, 0.5) is 0 Å². The van der Waals surface area contributed by atoms with Gasteiger partial charge >= 0.3 is 0 Å². The minimum absolute atomic E-state index is 0.0372. The van der Waals surface area contributed by atoms with Crippen LogP contribution in [-0.2, 0) is 13.9 Å². The van der Waals surface area contributed by atoms with E-state index in [1.54, 1.807) is 0 Å². The van der Waals surface area contributed by atoms with Crippen LogP contribution < -0.4 is 10.4 Å². The Morgan fingerprint density at radius 2 is 1.54 bits per heavy atom. The highest BCUT2D eigenvalue weighted by molar-refractivity contribution is 6.99. The summed E-state index contributed by atoms with van der Waals surface area (Å²) >= 11 is 0. The largest absolute Gasteiger partial charge is 0.404 e. The molecule has 4 nitrogen and oxygen atoms in total. The van der Waals surface area contributed by atoms with Crippen molar-refractivity contribution in [2.45, 2.75) is 90.9 Å². The molecular weight excluding hydrogens is 522 g/mol. The Bertz CT molecular complexity index is 1140. The predicted molar refractivity (Wildman–Crippen MR) is 173 cm³/mol. The Morgan fingerprint density at radius 3 is 2.10 bits per heavy atom. The van der Waals surface area contributed by atoms with E-state index >= 15 is 0 Å². The average molecular weight is 572 g/mol. The molecule has 0 spiro atoms. The number of benzene rings is 2. The first kappa shape index (κ1) is 32.8. The molecule has 1 unspecified atom stereocenters. The van der Waals surface area contributed by atoms with Gasteiger partial charge in [0.15, 0.2) is 6.29 Å². The lowest BCUT2D eigenvalue weighted by molar-refractivity contribution is -0.156. The predicted octanol–water partition coefficient (Wildman–Crippen LogP) is 8.01. The van der Waals surface area contributed by atoms with Gasteiger partial charge in [0.2, 0.25) is 0 Å². The van der Waals surface area contributed by atoms with E-state index in [4.69, 9.17) is 13.9 Å². The fraction of sp³-hybridized carbons (Fsp3) is 0.472. The van der Waals surface area contributed by atoms with Crippen LogP contribution in [0.15, 0.2) is 95.6 Å². The van der Waals surface area contributed by atoms with Crippen LogP contribution in [-0.4, -0.2) is 34.4 Å². The lowest BCUT2D eigenvalue weighted by atomic mass is 10.1. The molecule has 0 N–H and O–H groups in total. The number of allylic oxidation sites excluding steroid dienone is 4. The summed E-state index contributed by atoms with van der Waals surface area (Å²) in [7, 11) is -2.53. The molecule has 3 rings (SSSR count). The van der Waals surface area contributed by atoms with Crippen molar-refractivity contribution in [3.05, 3.63) is 95.6 Å². The molecule has 1 aliphatic heterocycles. The zero-order chi connectivity index (χ0) is 29.6. The molecule has 1 saturated heterocycles. The zero-order valence-corrected chi connectivity index (χ0v) is 26.8. The van der Waals surface area contributed by atoms with Crippen LogP contribution in [0.25, 0.3) is 0 Å². The normalized spacial score (nSPS) is 17.4. The van der Waals surface area contributed by atoms with Gasteiger partial charge < -0.3 is 13.9 Å². The van der Waals surface area contributed by atoms with E-state index in [0.29, 0.717) is 13.2 Å². The molecule has 1 atom stereocenters. The van der Waals surface area contributed by atoms with Gasteiger partial charge in [-0.1, -0.05) is 111 Å². The van der Waals surface area contributed by atoms with E-state index in [1.807, 2.05) is 0 Å². The van der Waals surface area contributed by atoms with Crippen molar-refractivity contribution in [2.75, 3.05) is 19.8 Å². The van der Waals surface area contributed by atoms with E-state index in [9.17, 15) is 5.26 Å². The van der Waals surface area contributed by atoms with E-state index < -0.39 is 8.32 Å². The number of rotatable bonds is 14. The number of nitriles is 1. The molecule has 0 aliphatic carbocycles. The van der Waals surface area contributed by atoms with Gasteiger partial charge in [-0.15, -0.1) is 0 Å². The maximum absolute atomic E-state index is 9.64. The van der Waals surface area contributed by atoms with Crippen LogP contribution in [0.1, 0.15) is 79.6 Å². The van der Waals surface area contributed by atoms with Gasteiger partial charge in [-0.2, -0.15) is 5.26 Å². The second-order valence-corrected chi connectivity index (χ2v) is 16.4. The molecule has 2 aromatic rings. The van der Waals surface area contributed by atoms with Crippen molar-refractivity contribution in [3.63, 3.8) is 0 Å². The monoisotopic (exact) mass is 571 g/mol. The molecule has 41 heavy (non-hydrogen) atoms. The van der Waals surface area contributed by atoms with Crippen LogP contribution >= 0.6 is 0 Å². The summed E-state index contributed by atoms with van der Waals surface area (Å²) in [6, 6.07) is 23.9. The van der Waals surface area contributed by atoms with E-state index in [2.05, 4.69) is 120 Å². The number of nitrogens with zero attached hydrogens (tertiary/aromatic N) is 1. The lowest BCUT2D eigenvalue weighted by Gasteiger charge is -2.42. The van der Waals surface area contributed by atoms with Crippen molar-refractivity contribution in [3.8, 4) is 6.07 Å². The molecule has 2 aromatic carbocycles. The van der Waals surface area contributed by atoms with Crippen molar-refractivity contribution in [2.24, 2.45) is 0 Å². The minimum Gasteiger partial charge on any atom is -0.404 e. The summed E-state index contributed by atoms with van der Waals surface area (Å²) in [5.74, 6) is 0. The number of hydrogen-bond acceptors (Lipinski definition) is 4. The quantitative estimate of drug-likeness (QED) is 0.131. The second-order valence-electron chi connectivity index (χ2n) is 12.1. The summed E-state index contributed by atoms with van der Waals surface area (Å²) in [5.41, 5.74) is 3.33. The van der Waals surface area contributed by atoms with Gasteiger partial charge in [0.05, 0.1) is 19.3 Å². The minimum atomic E-state index is -2.53. The molecule has 0 aromatic heterocycles. The SMILES string of the molecule is C/C(=C\CO[Si](c1ccccc1)(c1ccccc1)C(C)(C)C)CC/C=C(\C#N)CC/C=C(\C)COC1CCCCO1. The van der Waals surface area contributed by atoms with E-state index in [0.717, 1.165) is 50.7 Å². The average Bonchev–Trinajstić information content (AvgIpc) is 2.98. The van der Waals surface area contributed by atoms with Gasteiger partial charge in [-0.3, -0.25) is 0 Å².